The normalized spacial score (nSPS) is 33.2. The highest BCUT2D eigenvalue weighted by Gasteiger charge is 2.31. The number of halogens is 1. The zero-order valence-electron chi connectivity index (χ0n) is 11.7. The van der Waals surface area contributed by atoms with Crippen LogP contribution in [0.2, 0.25) is 5.02 Å². The number of nitrogens with one attached hydrogen (secondary N) is 1. The first-order chi connectivity index (χ1) is 9.13. The van der Waals surface area contributed by atoms with Crippen LogP contribution in [0.1, 0.15) is 32.3 Å². The molecule has 104 valence electrons. The third kappa shape index (κ3) is 2.75. The lowest BCUT2D eigenvalue weighted by atomic mass is 9.97. The Hall–Kier alpha value is -0.730. The van der Waals surface area contributed by atoms with Crippen LogP contribution in [0.3, 0.4) is 0 Å². The van der Waals surface area contributed by atoms with Gasteiger partial charge in [0, 0.05) is 24.0 Å². The van der Waals surface area contributed by atoms with Crippen molar-refractivity contribution in [2.45, 2.75) is 45.3 Å². The van der Waals surface area contributed by atoms with E-state index in [4.69, 9.17) is 16.3 Å². The van der Waals surface area contributed by atoms with Crippen molar-refractivity contribution in [2.24, 2.45) is 11.8 Å². The van der Waals surface area contributed by atoms with Crippen LogP contribution in [-0.4, -0.2) is 18.7 Å². The van der Waals surface area contributed by atoms with Gasteiger partial charge in [-0.2, -0.15) is 0 Å². The van der Waals surface area contributed by atoms with E-state index in [0.717, 1.165) is 35.6 Å². The van der Waals surface area contributed by atoms with Crippen molar-refractivity contribution < 1.29 is 4.74 Å². The first kappa shape index (κ1) is 13.3. The van der Waals surface area contributed by atoms with Crippen LogP contribution in [-0.2, 0) is 6.42 Å². The third-order valence-corrected chi connectivity index (χ3v) is 5.07. The van der Waals surface area contributed by atoms with Crippen LogP contribution in [0.4, 0.5) is 0 Å². The zero-order valence-corrected chi connectivity index (χ0v) is 12.4. The fourth-order valence-electron chi connectivity index (χ4n) is 3.34. The van der Waals surface area contributed by atoms with Crippen molar-refractivity contribution in [3.8, 4) is 5.75 Å². The van der Waals surface area contributed by atoms with Crippen LogP contribution in [0.5, 0.6) is 5.75 Å². The summed E-state index contributed by atoms with van der Waals surface area (Å²) in [7, 11) is 0. The summed E-state index contributed by atoms with van der Waals surface area (Å²) in [5.41, 5.74) is 1.24. The molecule has 0 spiro atoms. The molecule has 1 saturated carbocycles. The van der Waals surface area contributed by atoms with Gasteiger partial charge in [-0.1, -0.05) is 25.4 Å². The Morgan fingerprint density at radius 3 is 2.89 bits per heavy atom. The number of ether oxygens (including phenoxy) is 1. The van der Waals surface area contributed by atoms with Crippen molar-refractivity contribution in [3.05, 3.63) is 28.8 Å². The molecule has 1 fully saturated rings. The lowest BCUT2D eigenvalue weighted by Crippen LogP contribution is -2.39. The Morgan fingerprint density at radius 1 is 1.32 bits per heavy atom. The van der Waals surface area contributed by atoms with Crippen LogP contribution >= 0.6 is 11.6 Å². The molecule has 2 aliphatic rings. The molecule has 1 aromatic rings. The van der Waals surface area contributed by atoms with Crippen LogP contribution in [0.25, 0.3) is 0 Å². The summed E-state index contributed by atoms with van der Waals surface area (Å²) in [6.45, 7) is 5.66. The Labute approximate surface area is 120 Å². The molecule has 1 N–H and O–H groups in total. The summed E-state index contributed by atoms with van der Waals surface area (Å²) in [6, 6.07) is 6.57. The number of rotatable bonds is 3. The molecular weight excluding hydrogens is 258 g/mol. The van der Waals surface area contributed by atoms with Crippen molar-refractivity contribution in [2.75, 3.05) is 6.54 Å². The molecule has 19 heavy (non-hydrogen) atoms. The van der Waals surface area contributed by atoms with E-state index in [-0.39, 0.29) is 6.10 Å². The van der Waals surface area contributed by atoms with Gasteiger partial charge in [-0.25, -0.2) is 0 Å². The maximum Gasteiger partial charge on any atom is 0.123 e. The fourth-order valence-corrected chi connectivity index (χ4v) is 3.53. The predicted octanol–water partition coefficient (Wildman–Crippen LogP) is 3.67. The minimum Gasteiger partial charge on any atom is -0.488 e. The van der Waals surface area contributed by atoms with E-state index in [0.29, 0.717) is 6.04 Å². The molecule has 2 nitrogen and oxygen atoms in total. The maximum absolute atomic E-state index is 6.02. The van der Waals surface area contributed by atoms with Gasteiger partial charge < -0.3 is 10.1 Å². The molecule has 0 saturated heterocycles. The lowest BCUT2D eigenvalue weighted by Gasteiger charge is -2.21. The van der Waals surface area contributed by atoms with E-state index in [2.05, 4.69) is 19.2 Å². The fraction of sp³-hybridized carbons (Fsp3) is 0.625. The maximum atomic E-state index is 6.02. The molecule has 0 amide bonds. The lowest BCUT2D eigenvalue weighted by molar-refractivity contribution is 0.214. The summed E-state index contributed by atoms with van der Waals surface area (Å²) in [5, 5.41) is 4.50. The minimum absolute atomic E-state index is 0.261. The summed E-state index contributed by atoms with van der Waals surface area (Å²) in [6.07, 6.45) is 3.88. The van der Waals surface area contributed by atoms with Crippen molar-refractivity contribution in [1.82, 2.24) is 5.32 Å². The van der Waals surface area contributed by atoms with E-state index in [9.17, 15) is 0 Å². The zero-order chi connectivity index (χ0) is 13.4. The number of benzene rings is 1. The monoisotopic (exact) mass is 279 g/mol. The number of hydrogen-bond donors (Lipinski definition) is 1. The van der Waals surface area contributed by atoms with E-state index in [1.807, 2.05) is 18.2 Å². The SMILES string of the molecule is CC1CCC(NCC2Cc3cc(Cl)ccc3O2)C1C. The van der Waals surface area contributed by atoms with Crippen molar-refractivity contribution in [1.29, 1.82) is 0 Å². The quantitative estimate of drug-likeness (QED) is 0.912. The van der Waals surface area contributed by atoms with Gasteiger partial charge in [0.05, 0.1) is 0 Å². The average molecular weight is 280 g/mol. The van der Waals surface area contributed by atoms with Crippen LogP contribution < -0.4 is 10.1 Å². The van der Waals surface area contributed by atoms with Crippen molar-refractivity contribution >= 4 is 11.6 Å². The summed E-state index contributed by atoms with van der Waals surface area (Å²) < 4.78 is 5.96. The number of fused-ring (bicyclic) bond motifs is 1. The standard InChI is InChI=1S/C16H22ClNO/c1-10-3-5-15(11(10)2)18-9-14-8-12-7-13(17)4-6-16(12)19-14/h4,6-7,10-11,14-15,18H,3,5,8-9H2,1-2H3. The van der Waals surface area contributed by atoms with E-state index in [1.165, 1.54) is 18.4 Å². The smallest absolute Gasteiger partial charge is 0.123 e. The number of hydrogen-bond acceptors (Lipinski definition) is 2. The topological polar surface area (TPSA) is 21.3 Å². The second-order valence-corrected chi connectivity index (χ2v) is 6.56. The minimum atomic E-state index is 0.261. The summed E-state index contributed by atoms with van der Waals surface area (Å²) >= 11 is 6.02. The molecule has 1 aliphatic carbocycles. The van der Waals surface area contributed by atoms with Gasteiger partial charge >= 0.3 is 0 Å². The molecule has 0 aromatic heterocycles. The Kier molecular flexibility index (Phi) is 3.72. The molecule has 1 aliphatic heterocycles. The highest BCUT2D eigenvalue weighted by Crippen LogP contribution is 2.33. The van der Waals surface area contributed by atoms with Gasteiger partial charge in [0.15, 0.2) is 0 Å². The molecule has 1 aromatic carbocycles. The van der Waals surface area contributed by atoms with Crippen molar-refractivity contribution in [3.63, 3.8) is 0 Å². The molecule has 3 rings (SSSR count). The van der Waals surface area contributed by atoms with E-state index < -0.39 is 0 Å². The van der Waals surface area contributed by atoms with Gasteiger partial charge in [0.1, 0.15) is 11.9 Å². The summed E-state index contributed by atoms with van der Waals surface area (Å²) in [5.74, 6) is 2.63. The molecule has 3 heteroatoms. The van der Waals surface area contributed by atoms with E-state index >= 15 is 0 Å². The molecular formula is C16H22ClNO. The second kappa shape index (κ2) is 5.34. The van der Waals surface area contributed by atoms with Crippen LogP contribution in [0, 0.1) is 11.8 Å². The molecule has 0 radical (unpaired) electrons. The van der Waals surface area contributed by atoms with Gasteiger partial charge in [0.2, 0.25) is 0 Å². The molecule has 4 atom stereocenters. The van der Waals surface area contributed by atoms with Gasteiger partial charge in [0.25, 0.3) is 0 Å². The molecule has 0 bridgehead atoms. The Morgan fingerprint density at radius 2 is 2.16 bits per heavy atom. The van der Waals surface area contributed by atoms with Crippen LogP contribution in [0.15, 0.2) is 18.2 Å². The highest BCUT2D eigenvalue weighted by molar-refractivity contribution is 6.30. The Balaban J connectivity index is 1.54. The van der Waals surface area contributed by atoms with Gasteiger partial charge in [-0.15, -0.1) is 0 Å². The highest BCUT2D eigenvalue weighted by atomic mass is 35.5. The Bertz CT molecular complexity index is 462. The predicted molar refractivity (Wildman–Crippen MR) is 78.9 cm³/mol. The van der Waals surface area contributed by atoms with Gasteiger partial charge in [-0.3, -0.25) is 0 Å². The molecule has 1 heterocycles. The summed E-state index contributed by atoms with van der Waals surface area (Å²) in [4.78, 5) is 0. The second-order valence-electron chi connectivity index (χ2n) is 6.12. The van der Waals surface area contributed by atoms with Gasteiger partial charge in [-0.05, 0) is 48.4 Å². The van der Waals surface area contributed by atoms with E-state index in [1.54, 1.807) is 0 Å². The first-order valence-corrected chi connectivity index (χ1v) is 7.69. The largest absolute Gasteiger partial charge is 0.488 e. The first-order valence-electron chi connectivity index (χ1n) is 7.32. The third-order valence-electron chi connectivity index (χ3n) is 4.84. The average Bonchev–Trinajstić information content (AvgIpc) is 2.92. The molecule has 4 unspecified atom stereocenters.